The highest BCUT2D eigenvalue weighted by Crippen LogP contribution is 2.59. The number of ether oxygens (including phenoxy) is 2. The van der Waals surface area contributed by atoms with E-state index in [1.54, 1.807) is 14.2 Å². The molecule has 1 N–H and O–H groups in total. The van der Waals surface area contributed by atoms with Gasteiger partial charge < -0.3 is 14.6 Å². The normalized spacial score (nSPS) is 38.3. The van der Waals surface area contributed by atoms with Gasteiger partial charge in [0.2, 0.25) is 0 Å². The zero-order valence-corrected chi connectivity index (χ0v) is 18.8. The van der Waals surface area contributed by atoms with Crippen LogP contribution in [0.3, 0.4) is 0 Å². The van der Waals surface area contributed by atoms with E-state index in [0.29, 0.717) is 24.1 Å². The molecule has 3 aliphatic carbocycles. The largest absolute Gasteiger partial charge is 0.504 e. The lowest BCUT2D eigenvalue weighted by atomic mass is 9.51. The Morgan fingerprint density at radius 1 is 1.28 bits per heavy atom. The van der Waals surface area contributed by atoms with Crippen molar-refractivity contribution in [3.63, 3.8) is 0 Å². The average molecular weight is 464 g/mol. The summed E-state index contributed by atoms with van der Waals surface area (Å²) in [6, 6.07) is 4.38. The summed E-state index contributed by atoms with van der Waals surface area (Å²) in [5, 5.41) is 12.2. The molecule has 5 nitrogen and oxygen atoms in total. The van der Waals surface area contributed by atoms with Crippen molar-refractivity contribution >= 4 is 21.7 Å². The fraction of sp³-hybridized carbons (Fsp3) is 0.696. The molecule has 1 aromatic rings. The van der Waals surface area contributed by atoms with Crippen LogP contribution in [0.15, 0.2) is 12.1 Å². The maximum atomic E-state index is 12.9. The molecule has 3 fully saturated rings. The lowest BCUT2D eigenvalue weighted by Gasteiger charge is -2.59. The maximum absolute atomic E-state index is 12.9. The van der Waals surface area contributed by atoms with Gasteiger partial charge in [0.25, 0.3) is 0 Å². The predicted octanol–water partition coefficient (Wildman–Crippen LogP) is 3.29. The first kappa shape index (κ1) is 19.8. The molecule has 6 heteroatoms. The average Bonchev–Trinajstić information content (AvgIpc) is 3.47. The quantitative estimate of drug-likeness (QED) is 0.678. The van der Waals surface area contributed by atoms with Crippen molar-refractivity contribution in [2.75, 3.05) is 32.6 Å². The zero-order chi connectivity index (χ0) is 20.3. The summed E-state index contributed by atoms with van der Waals surface area (Å²) >= 11 is 3.64. The van der Waals surface area contributed by atoms with Gasteiger partial charge in [-0.3, -0.25) is 9.69 Å². The van der Waals surface area contributed by atoms with Gasteiger partial charge in [-0.25, -0.2) is 0 Å². The van der Waals surface area contributed by atoms with Gasteiger partial charge in [-0.2, -0.15) is 0 Å². The van der Waals surface area contributed by atoms with Crippen LogP contribution in [0.5, 0.6) is 11.5 Å². The van der Waals surface area contributed by atoms with E-state index in [4.69, 9.17) is 9.47 Å². The molecule has 2 saturated carbocycles. The first-order chi connectivity index (χ1) is 14.0. The van der Waals surface area contributed by atoms with E-state index in [2.05, 4.69) is 26.9 Å². The van der Waals surface area contributed by atoms with E-state index in [-0.39, 0.29) is 23.1 Å². The molecule has 29 heavy (non-hydrogen) atoms. The molecule has 1 saturated heterocycles. The number of benzene rings is 1. The van der Waals surface area contributed by atoms with Gasteiger partial charge in [0, 0.05) is 42.4 Å². The number of Topliss-reactive ketones (excluding diaryl/α,β-unsaturated/α-hetero) is 1. The number of ketones is 1. The molecular weight excluding hydrogens is 434 g/mol. The topological polar surface area (TPSA) is 59.0 Å². The number of phenolic OH excluding ortho intramolecular Hbond substituents is 1. The molecule has 0 amide bonds. The maximum Gasteiger partial charge on any atom is 0.162 e. The summed E-state index contributed by atoms with van der Waals surface area (Å²) in [7, 11) is 3.24. The van der Waals surface area contributed by atoms with Gasteiger partial charge in [0.15, 0.2) is 17.3 Å². The number of aromatic hydroxyl groups is 1. The first-order valence-electron chi connectivity index (χ1n) is 10.8. The molecule has 1 aliphatic heterocycles. The second-order valence-corrected chi connectivity index (χ2v) is 10.1. The van der Waals surface area contributed by atoms with E-state index in [1.807, 2.05) is 6.07 Å². The van der Waals surface area contributed by atoms with Crippen LogP contribution in [0.25, 0.3) is 0 Å². The number of hydrogen-bond acceptors (Lipinski definition) is 5. The third kappa shape index (κ3) is 2.97. The Bertz CT molecular complexity index is 829. The number of hydrogen-bond donors (Lipinski definition) is 1. The number of piperidine rings is 1. The number of rotatable bonds is 5. The standard InChI is InChI=1S/C23H30BrNO4/c1-28-19-4-3-13-8-17-16-9-20(29-2)18(26)10-23(16,21(13)22(19)27)5-6-25(17)12-15-7-14(15)11-24/h3-4,14-17,20,27H,5-12H2,1-2H3/t14?,15?,16-,17+,20?,23-/m1/s1. The smallest absolute Gasteiger partial charge is 0.162 e. The van der Waals surface area contributed by atoms with E-state index >= 15 is 0 Å². The van der Waals surface area contributed by atoms with Gasteiger partial charge in [-0.15, -0.1) is 0 Å². The van der Waals surface area contributed by atoms with E-state index in [9.17, 15) is 9.90 Å². The van der Waals surface area contributed by atoms with Gasteiger partial charge in [-0.05, 0) is 61.6 Å². The monoisotopic (exact) mass is 463 g/mol. The molecule has 0 spiro atoms. The Hall–Kier alpha value is -1.11. The molecule has 6 atom stereocenters. The van der Waals surface area contributed by atoms with Crippen LogP contribution in [0, 0.1) is 17.8 Å². The van der Waals surface area contributed by atoms with Crippen molar-refractivity contribution in [3.8, 4) is 11.5 Å². The number of nitrogens with zero attached hydrogens (tertiary/aromatic N) is 1. The fourth-order valence-electron chi connectivity index (χ4n) is 6.58. The van der Waals surface area contributed by atoms with Crippen molar-refractivity contribution < 1.29 is 19.4 Å². The van der Waals surface area contributed by atoms with Crippen molar-refractivity contribution in [1.82, 2.24) is 4.90 Å². The number of halogens is 1. The van der Waals surface area contributed by atoms with E-state index in [1.165, 1.54) is 12.0 Å². The molecule has 1 aromatic carbocycles. The Labute approximate surface area is 180 Å². The van der Waals surface area contributed by atoms with Crippen LogP contribution < -0.4 is 4.74 Å². The van der Waals surface area contributed by atoms with Gasteiger partial charge >= 0.3 is 0 Å². The highest BCUT2D eigenvalue weighted by atomic mass is 79.9. The van der Waals surface area contributed by atoms with Crippen LogP contribution in [0.2, 0.25) is 0 Å². The minimum atomic E-state index is -0.318. The summed E-state index contributed by atoms with van der Waals surface area (Å²) in [5.74, 6) is 2.85. The van der Waals surface area contributed by atoms with Crippen LogP contribution >= 0.6 is 15.9 Å². The number of alkyl halides is 1. The van der Waals surface area contributed by atoms with Gasteiger partial charge in [0.05, 0.1) is 7.11 Å². The Morgan fingerprint density at radius 3 is 2.79 bits per heavy atom. The molecule has 158 valence electrons. The van der Waals surface area contributed by atoms with Crippen LogP contribution in [0.1, 0.15) is 36.8 Å². The van der Waals surface area contributed by atoms with Crippen LogP contribution in [-0.4, -0.2) is 60.6 Å². The number of likely N-dealkylation sites (tertiary alicyclic amines) is 1. The molecule has 0 aromatic heterocycles. The number of phenols is 1. The lowest BCUT2D eigenvalue weighted by molar-refractivity contribution is -0.142. The second-order valence-electron chi connectivity index (χ2n) is 9.44. The second kappa shape index (κ2) is 7.24. The summed E-state index contributed by atoms with van der Waals surface area (Å²) in [4.78, 5) is 15.6. The number of carbonyl (C=O) groups is 1. The zero-order valence-electron chi connectivity index (χ0n) is 17.2. The minimum absolute atomic E-state index is 0.174. The third-order valence-corrected chi connectivity index (χ3v) is 9.03. The molecular formula is C23H30BrNO4. The van der Waals surface area contributed by atoms with Gasteiger partial charge in [0.1, 0.15) is 6.10 Å². The molecule has 1 heterocycles. The molecule has 3 unspecified atom stereocenters. The number of fused-ring (bicyclic) bond motifs is 1. The summed E-state index contributed by atoms with van der Waals surface area (Å²) < 4.78 is 11.0. The molecule has 5 rings (SSSR count). The number of carbonyl (C=O) groups excluding carboxylic acids is 1. The lowest BCUT2D eigenvalue weighted by Crippen LogP contribution is -2.64. The van der Waals surface area contributed by atoms with Crippen molar-refractivity contribution in [2.45, 2.75) is 49.7 Å². The summed E-state index contributed by atoms with van der Waals surface area (Å²) in [6.07, 6.45) is 4.05. The fourth-order valence-corrected chi connectivity index (χ4v) is 7.38. The Kier molecular flexibility index (Phi) is 4.95. The van der Waals surface area contributed by atoms with Gasteiger partial charge in [-0.1, -0.05) is 22.0 Å². The highest BCUT2D eigenvalue weighted by Gasteiger charge is 2.59. The van der Waals surface area contributed by atoms with E-state index in [0.717, 1.165) is 55.1 Å². The number of methoxy groups -OCH3 is 2. The molecule has 0 radical (unpaired) electrons. The van der Waals surface area contributed by atoms with Crippen molar-refractivity contribution in [1.29, 1.82) is 0 Å². The highest BCUT2D eigenvalue weighted by molar-refractivity contribution is 9.09. The van der Waals surface area contributed by atoms with Crippen molar-refractivity contribution in [3.05, 3.63) is 23.3 Å². The Balaban J connectivity index is 1.56. The molecule has 4 aliphatic rings. The van der Waals surface area contributed by atoms with E-state index < -0.39 is 0 Å². The van der Waals surface area contributed by atoms with Crippen LogP contribution in [-0.2, 0) is 21.4 Å². The SMILES string of the molecule is COc1ccc2c(c1O)[C@@]13CCN(CC4CC4CBr)[C@@H](C2)[C@H]1CC(OC)C(=O)C3. The predicted molar refractivity (Wildman–Crippen MR) is 114 cm³/mol. The van der Waals surface area contributed by atoms with Crippen molar-refractivity contribution in [2.24, 2.45) is 17.8 Å². The molecule has 2 bridgehead atoms. The first-order valence-corrected chi connectivity index (χ1v) is 11.9. The minimum Gasteiger partial charge on any atom is -0.504 e. The van der Waals surface area contributed by atoms with Crippen LogP contribution in [0.4, 0.5) is 0 Å². The third-order valence-electron chi connectivity index (χ3n) is 8.20. The summed E-state index contributed by atoms with van der Waals surface area (Å²) in [6.45, 7) is 2.14. The summed E-state index contributed by atoms with van der Waals surface area (Å²) in [5.41, 5.74) is 1.87. The Morgan fingerprint density at radius 2 is 2.10 bits per heavy atom.